The van der Waals surface area contributed by atoms with Gasteiger partial charge in [0.15, 0.2) is 6.10 Å². The van der Waals surface area contributed by atoms with E-state index in [4.69, 9.17) is 18.5 Å². The molecule has 2 aromatic rings. The Hall–Kier alpha value is -4.28. The number of phosphoric ester groups is 1. The van der Waals surface area contributed by atoms with Crippen molar-refractivity contribution >= 4 is 58.1 Å². The topological polar surface area (TPSA) is 143 Å². The van der Waals surface area contributed by atoms with E-state index in [0.29, 0.717) is 58.0 Å². The van der Waals surface area contributed by atoms with E-state index in [9.17, 15) is 36.3 Å². The Morgan fingerprint density at radius 2 is 1.03 bits per heavy atom. The van der Waals surface area contributed by atoms with Crippen LogP contribution in [-0.2, 0) is 32.7 Å². The fourth-order valence-electron chi connectivity index (χ4n) is 9.01. The summed E-state index contributed by atoms with van der Waals surface area (Å²) in [7, 11) is -3.89. The van der Waals surface area contributed by atoms with Crippen molar-refractivity contribution in [2.24, 2.45) is 9.98 Å². The van der Waals surface area contributed by atoms with Gasteiger partial charge in [0.1, 0.15) is 19.8 Å². The van der Waals surface area contributed by atoms with Crippen LogP contribution in [0, 0.1) is 27.7 Å². The first kappa shape index (κ1) is 62.3. The van der Waals surface area contributed by atoms with Gasteiger partial charge in [-0.05, 0) is 126 Å². The van der Waals surface area contributed by atoms with Crippen LogP contribution in [0.25, 0.3) is 12.2 Å². The first-order valence-corrected chi connectivity index (χ1v) is 28.4. The number of carbonyl (C=O) groups is 2. The number of esters is 2. The molecule has 2 aliphatic heterocycles. The summed E-state index contributed by atoms with van der Waals surface area (Å²) in [6.07, 6.45) is 30.1. The number of hydrogen-bond donors (Lipinski definition) is 1. The number of likely N-dealkylation sites (N-methyl/N-ethyl adjacent to an activating group) is 1. The van der Waals surface area contributed by atoms with Crippen LogP contribution < -0.4 is 0 Å². The largest absolute Gasteiger partial charge is 0.677 e. The Kier molecular flexibility index (Phi) is 27.2. The third-order valence-corrected chi connectivity index (χ3v) is 14.1. The normalized spacial score (nSPS) is 15.8. The van der Waals surface area contributed by atoms with Gasteiger partial charge in [0.25, 0.3) is 0 Å². The van der Waals surface area contributed by atoms with Crippen molar-refractivity contribution in [3.63, 3.8) is 0 Å². The van der Waals surface area contributed by atoms with Gasteiger partial charge in [0.2, 0.25) is 0 Å². The first-order chi connectivity index (χ1) is 35.2. The molecule has 4 heterocycles. The molecule has 74 heavy (non-hydrogen) atoms. The number of aromatic nitrogens is 2. The maximum atomic E-state index is 13.6. The molecular weight excluding hydrogens is 975 g/mol. The molecular formula is C54H83B2F4N5O8P+. The minimum absolute atomic E-state index is 0.0167. The van der Waals surface area contributed by atoms with E-state index in [2.05, 4.69) is 9.98 Å². The summed E-state index contributed by atoms with van der Waals surface area (Å²) in [5, 5.41) is 0. The summed E-state index contributed by atoms with van der Waals surface area (Å²) < 4.78 is 90.8. The van der Waals surface area contributed by atoms with Crippen molar-refractivity contribution in [2.45, 2.75) is 175 Å². The third kappa shape index (κ3) is 23.7. The summed E-state index contributed by atoms with van der Waals surface area (Å²) in [4.78, 5) is 45.1. The van der Waals surface area contributed by atoms with E-state index < -0.39 is 47.3 Å². The summed E-state index contributed by atoms with van der Waals surface area (Å²) in [6.45, 7) is 6.70. The highest BCUT2D eigenvalue weighted by Gasteiger charge is 2.28. The highest BCUT2D eigenvalue weighted by Crippen LogP contribution is 2.43. The molecule has 0 spiro atoms. The van der Waals surface area contributed by atoms with Crippen LogP contribution in [0.2, 0.25) is 0 Å². The Morgan fingerprint density at radius 3 is 1.45 bits per heavy atom. The molecule has 2 unspecified atom stereocenters. The number of hydrogen-bond acceptors (Lipinski definition) is 9. The fourth-order valence-corrected chi connectivity index (χ4v) is 9.75. The van der Waals surface area contributed by atoms with E-state index in [-0.39, 0.29) is 26.1 Å². The molecule has 0 amide bonds. The zero-order chi connectivity index (χ0) is 54.1. The van der Waals surface area contributed by atoms with Crippen LogP contribution in [0.3, 0.4) is 0 Å². The number of ether oxygens (including phenoxy) is 2. The molecule has 410 valence electrons. The highest BCUT2D eigenvalue weighted by atomic mass is 31.2. The van der Waals surface area contributed by atoms with E-state index in [1.165, 1.54) is 0 Å². The van der Waals surface area contributed by atoms with E-state index in [1.807, 2.05) is 59.3 Å². The average molecular weight is 1060 g/mol. The van der Waals surface area contributed by atoms with Crippen molar-refractivity contribution < 1.29 is 59.3 Å². The fraction of sp³-hybridized carbons (Fsp3) is 0.630. The third-order valence-electron chi connectivity index (χ3n) is 13.1. The zero-order valence-corrected chi connectivity index (χ0v) is 46.1. The second kappa shape index (κ2) is 32.3. The first-order valence-electron chi connectivity index (χ1n) is 26.9. The van der Waals surface area contributed by atoms with Gasteiger partial charge >= 0.3 is 34.6 Å². The number of quaternary nitrogens is 1. The molecule has 20 heteroatoms. The van der Waals surface area contributed by atoms with Crippen LogP contribution in [0.5, 0.6) is 0 Å². The van der Waals surface area contributed by atoms with Gasteiger partial charge in [0, 0.05) is 47.0 Å². The number of phosphoric acid groups is 1. The molecule has 2 atom stereocenters. The number of aryl methyl sites for hydroxylation is 4. The van der Waals surface area contributed by atoms with Gasteiger partial charge in [-0.3, -0.25) is 45.9 Å². The van der Waals surface area contributed by atoms with Gasteiger partial charge in [-0.1, -0.05) is 89.9 Å². The molecule has 2 aliphatic rings. The lowest BCUT2D eigenvalue weighted by Crippen LogP contribution is -2.37. The van der Waals surface area contributed by atoms with E-state index in [0.717, 1.165) is 147 Å². The average Bonchev–Trinajstić information content (AvgIpc) is 4.10. The summed E-state index contributed by atoms with van der Waals surface area (Å²) in [5.41, 5.74) is 6.94. The quantitative estimate of drug-likeness (QED) is 0.0175. The minimum Gasteiger partial charge on any atom is -0.462 e. The molecule has 0 aliphatic carbocycles. The number of halogens is 4. The molecule has 0 radical (unpaired) electrons. The van der Waals surface area contributed by atoms with Gasteiger partial charge < -0.3 is 27.8 Å². The van der Waals surface area contributed by atoms with Crippen molar-refractivity contribution in [3.8, 4) is 0 Å². The van der Waals surface area contributed by atoms with Crippen LogP contribution in [0.4, 0.5) is 17.3 Å². The lowest BCUT2D eigenvalue weighted by molar-refractivity contribution is -0.870. The van der Waals surface area contributed by atoms with Gasteiger partial charge in [-0.25, -0.2) is 4.57 Å². The summed E-state index contributed by atoms with van der Waals surface area (Å²) in [5.74, 6) is -0.939. The SMILES string of the molecule is Cc1cc(C)n(B(F)F)c1/C=C1/C=CC(CCCCCCCCCCCC(=O)OCC(COP(=O)(O)OCC[N+](C)(C)C)OC(=O)CCCCCCCCCCCC2=N/C(=C\c3c(C)cc(C)n3B(F)F)C=C2)=N1. The minimum atomic E-state index is -4.45. The molecule has 1 N–H and O–H groups in total. The number of rotatable bonds is 38. The van der Waals surface area contributed by atoms with Crippen molar-refractivity contribution in [1.29, 1.82) is 0 Å². The van der Waals surface area contributed by atoms with E-state index >= 15 is 0 Å². The van der Waals surface area contributed by atoms with Crippen LogP contribution in [0.15, 0.2) is 57.8 Å². The number of aliphatic imine (C=N–C) groups is 2. The van der Waals surface area contributed by atoms with Gasteiger partial charge in [0.05, 0.1) is 39.1 Å². The molecule has 2 aromatic heterocycles. The molecule has 0 bridgehead atoms. The summed E-state index contributed by atoms with van der Waals surface area (Å²) >= 11 is 0. The number of nitrogens with zero attached hydrogens (tertiary/aromatic N) is 5. The monoisotopic (exact) mass is 1060 g/mol. The maximum Gasteiger partial charge on any atom is 0.677 e. The standard InChI is InChI=1S/C54H82B2F4N5O8P/c1-42-36-44(3)63(55(57)58)51(42)38-48-32-30-46(61-48)26-22-18-14-10-8-12-16-20-24-28-53(66)70-40-50(41-72-74(68,69)71-35-34-65(5,6)7)73-54(67)29-25-21-17-13-9-11-15-19-23-27-47-31-33-49(62-47)39-52-43(2)37-45(4)64(52)56(59)60/h30-33,36-39,50H,8-29,34-35,40-41H2,1-7H3/p+1/b48-38-,49-39-. The lowest BCUT2D eigenvalue weighted by Gasteiger charge is -2.24. The Labute approximate surface area is 439 Å². The highest BCUT2D eigenvalue weighted by molar-refractivity contribution is 7.47. The number of allylic oxidation sites excluding steroid dienone is 4. The van der Waals surface area contributed by atoms with Gasteiger partial charge in [-0.2, -0.15) is 0 Å². The molecule has 13 nitrogen and oxygen atoms in total. The predicted molar refractivity (Wildman–Crippen MR) is 291 cm³/mol. The summed E-state index contributed by atoms with van der Waals surface area (Å²) in [6, 6.07) is 3.52. The molecule has 0 saturated heterocycles. The smallest absolute Gasteiger partial charge is 0.462 e. The van der Waals surface area contributed by atoms with E-state index in [1.54, 1.807) is 38.1 Å². The van der Waals surface area contributed by atoms with Crippen molar-refractivity contribution in [3.05, 3.63) is 81.7 Å². The van der Waals surface area contributed by atoms with Crippen LogP contribution in [0.1, 0.15) is 175 Å². The lowest BCUT2D eigenvalue weighted by atomic mass is 10.0. The maximum absolute atomic E-state index is 13.6. The van der Waals surface area contributed by atoms with Crippen LogP contribution >= 0.6 is 7.82 Å². The zero-order valence-electron chi connectivity index (χ0n) is 45.2. The van der Waals surface area contributed by atoms with Gasteiger partial charge in [-0.15, -0.1) is 0 Å². The number of carbonyl (C=O) groups excluding carboxylic acids is 2. The van der Waals surface area contributed by atoms with Crippen molar-refractivity contribution in [1.82, 2.24) is 8.96 Å². The predicted octanol–water partition coefficient (Wildman–Crippen LogP) is 13.3. The molecule has 0 saturated carbocycles. The van der Waals surface area contributed by atoms with Crippen molar-refractivity contribution in [2.75, 3.05) is 47.5 Å². The van der Waals surface area contributed by atoms with Crippen LogP contribution in [-0.4, -0.2) is 110 Å². The number of unbranched alkanes of at least 4 members (excludes halogenated alkanes) is 16. The molecule has 4 rings (SSSR count). The molecule has 0 aromatic carbocycles. The molecule has 0 fully saturated rings. The Morgan fingerprint density at radius 1 is 0.622 bits per heavy atom. The second-order valence-corrected chi connectivity index (χ2v) is 22.2. The Balaban J connectivity index is 1.04. The second-order valence-electron chi connectivity index (χ2n) is 20.8. The Bertz CT molecular complexity index is 2340.